The lowest BCUT2D eigenvalue weighted by atomic mass is 10.1. The van der Waals surface area contributed by atoms with Gasteiger partial charge < -0.3 is 20.6 Å². The summed E-state index contributed by atoms with van der Waals surface area (Å²) in [5, 5.41) is 5.65. The van der Waals surface area contributed by atoms with E-state index >= 15 is 0 Å². The Hall–Kier alpha value is -3.00. The number of thioether (sulfide) groups is 1. The van der Waals surface area contributed by atoms with E-state index in [2.05, 4.69) is 20.6 Å². The number of imidazole rings is 1. The molecule has 2 aromatic carbocycles. The molecule has 0 aliphatic carbocycles. The SMILES string of the molecule is CSCCC(NC(=O)c1cccc(C)c1)C(=O)Nc1ccc2[nH]c(=O)[nH]c2c1. The molecule has 1 heterocycles. The van der Waals surface area contributed by atoms with E-state index in [9.17, 15) is 14.4 Å². The number of aromatic amines is 2. The first-order chi connectivity index (χ1) is 13.5. The zero-order chi connectivity index (χ0) is 20.1. The lowest BCUT2D eigenvalue weighted by Gasteiger charge is -2.18. The number of hydrogen-bond acceptors (Lipinski definition) is 4. The minimum Gasteiger partial charge on any atom is -0.340 e. The molecule has 0 fully saturated rings. The predicted octanol–water partition coefficient (Wildman–Crippen LogP) is 2.65. The summed E-state index contributed by atoms with van der Waals surface area (Å²) >= 11 is 1.61. The number of nitrogens with one attached hydrogen (secondary N) is 4. The van der Waals surface area contributed by atoms with Crippen molar-refractivity contribution in [3.8, 4) is 0 Å². The van der Waals surface area contributed by atoms with Crippen LogP contribution in [0.2, 0.25) is 0 Å². The van der Waals surface area contributed by atoms with Crippen molar-refractivity contribution in [3.05, 3.63) is 64.1 Å². The molecule has 3 rings (SSSR count). The van der Waals surface area contributed by atoms with Crippen LogP contribution in [0.15, 0.2) is 47.3 Å². The van der Waals surface area contributed by atoms with Gasteiger partial charge in [0.25, 0.3) is 5.91 Å². The Kier molecular flexibility index (Phi) is 6.20. The van der Waals surface area contributed by atoms with Crippen molar-refractivity contribution in [2.75, 3.05) is 17.3 Å². The second-order valence-electron chi connectivity index (χ2n) is 6.51. The molecular formula is C20H22N4O3S. The van der Waals surface area contributed by atoms with Crippen LogP contribution >= 0.6 is 11.8 Å². The van der Waals surface area contributed by atoms with E-state index in [-0.39, 0.29) is 17.5 Å². The minimum absolute atomic E-state index is 0.282. The van der Waals surface area contributed by atoms with Crippen molar-refractivity contribution >= 4 is 40.3 Å². The monoisotopic (exact) mass is 398 g/mol. The number of aromatic nitrogens is 2. The van der Waals surface area contributed by atoms with Gasteiger partial charge in [-0.05, 0) is 55.7 Å². The minimum atomic E-state index is -0.665. The Morgan fingerprint density at radius 2 is 1.89 bits per heavy atom. The summed E-state index contributed by atoms with van der Waals surface area (Å²) in [5.41, 5.74) is 3.01. The smallest absolute Gasteiger partial charge is 0.323 e. The fraction of sp³-hybridized carbons (Fsp3) is 0.250. The third kappa shape index (κ3) is 4.83. The molecule has 0 bridgehead atoms. The Labute approximate surface area is 166 Å². The average molecular weight is 398 g/mol. The highest BCUT2D eigenvalue weighted by Gasteiger charge is 2.21. The number of benzene rings is 2. The van der Waals surface area contributed by atoms with Crippen molar-refractivity contribution in [2.45, 2.75) is 19.4 Å². The molecule has 1 aromatic heterocycles. The van der Waals surface area contributed by atoms with E-state index in [4.69, 9.17) is 0 Å². The van der Waals surface area contributed by atoms with E-state index in [1.54, 1.807) is 42.1 Å². The molecule has 2 amide bonds. The molecular weight excluding hydrogens is 376 g/mol. The lowest BCUT2D eigenvalue weighted by molar-refractivity contribution is -0.118. The van der Waals surface area contributed by atoms with Gasteiger partial charge in [-0.2, -0.15) is 11.8 Å². The average Bonchev–Trinajstić information content (AvgIpc) is 3.04. The molecule has 0 aliphatic heterocycles. The van der Waals surface area contributed by atoms with Crippen LogP contribution in [0, 0.1) is 6.92 Å². The topological polar surface area (TPSA) is 107 Å². The van der Waals surface area contributed by atoms with Gasteiger partial charge >= 0.3 is 5.69 Å². The van der Waals surface area contributed by atoms with Crippen LogP contribution in [0.3, 0.4) is 0 Å². The molecule has 4 N–H and O–H groups in total. The van der Waals surface area contributed by atoms with Crippen LogP contribution in [0.25, 0.3) is 11.0 Å². The van der Waals surface area contributed by atoms with Crippen molar-refractivity contribution in [3.63, 3.8) is 0 Å². The van der Waals surface area contributed by atoms with Crippen molar-refractivity contribution in [1.29, 1.82) is 0 Å². The Morgan fingerprint density at radius 3 is 2.64 bits per heavy atom. The van der Waals surface area contributed by atoms with E-state index < -0.39 is 6.04 Å². The summed E-state index contributed by atoms with van der Waals surface area (Å²) in [7, 11) is 0. The van der Waals surface area contributed by atoms with Crippen molar-refractivity contribution in [2.24, 2.45) is 0 Å². The molecule has 3 aromatic rings. The highest BCUT2D eigenvalue weighted by molar-refractivity contribution is 7.98. The van der Waals surface area contributed by atoms with Crippen LogP contribution in [-0.4, -0.2) is 39.8 Å². The summed E-state index contributed by atoms with van der Waals surface area (Å²) < 4.78 is 0. The number of carbonyl (C=O) groups excluding carboxylic acids is 2. The molecule has 28 heavy (non-hydrogen) atoms. The Bertz CT molecular complexity index is 1060. The first-order valence-electron chi connectivity index (χ1n) is 8.85. The van der Waals surface area contributed by atoms with E-state index in [1.807, 2.05) is 25.3 Å². The van der Waals surface area contributed by atoms with Crippen molar-refractivity contribution in [1.82, 2.24) is 15.3 Å². The fourth-order valence-corrected chi connectivity index (χ4v) is 3.34. The molecule has 146 valence electrons. The lowest BCUT2D eigenvalue weighted by Crippen LogP contribution is -2.44. The molecule has 1 atom stereocenters. The Balaban J connectivity index is 1.74. The molecule has 0 saturated heterocycles. The highest BCUT2D eigenvalue weighted by Crippen LogP contribution is 2.15. The van der Waals surface area contributed by atoms with Crippen LogP contribution in [0.4, 0.5) is 5.69 Å². The van der Waals surface area contributed by atoms with Gasteiger partial charge in [0.2, 0.25) is 5.91 Å². The van der Waals surface area contributed by atoms with Gasteiger partial charge in [0.1, 0.15) is 6.04 Å². The molecule has 1 unspecified atom stereocenters. The highest BCUT2D eigenvalue weighted by atomic mass is 32.2. The zero-order valence-corrected chi connectivity index (χ0v) is 16.5. The van der Waals surface area contributed by atoms with Crippen LogP contribution in [0.5, 0.6) is 0 Å². The van der Waals surface area contributed by atoms with Gasteiger partial charge in [-0.15, -0.1) is 0 Å². The van der Waals surface area contributed by atoms with Gasteiger partial charge in [-0.3, -0.25) is 9.59 Å². The van der Waals surface area contributed by atoms with Gasteiger partial charge in [-0.25, -0.2) is 4.79 Å². The molecule has 8 heteroatoms. The standard InChI is InChI=1S/C20H22N4O3S/c1-12-4-3-5-13(10-12)18(25)22-16(8-9-28-2)19(26)21-14-6-7-15-17(11-14)24-20(27)23-15/h3-7,10-11,16H,8-9H2,1-2H3,(H,21,26)(H,22,25)(H2,23,24,27). The van der Waals surface area contributed by atoms with Gasteiger partial charge in [0.15, 0.2) is 0 Å². The van der Waals surface area contributed by atoms with Crippen LogP contribution in [0.1, 0.15) is 22.3 Å². The van der Waals surface area contributed by atoms with Crippen molar-refractivity contribution < 1.29 is 9.59 Å². The summed E-state index contributed by atoms with van der Waals surface area (Å²) in [6, 6.07) is 11.7. The first kappa shape index (κ1) is 19.8. The quantitative estimate of drug-likeness (QED) is 0.491. The van der Waals surface area contributed by atoms with Gasteiger partial charge in [-0.1, -0.05) is 17.7 Å². The largest absolute Gasteiger partial charge is 0.340 e. The number of hydrogen-bond donors (Lipinski definition) is 4. The van der Waals surface area contributed by atoms with E-state index in [0.29, 0.717) is 28.7 Å². The fourth-order valence-electron chi connectivity index (χ4n) is 2.87. The number of fused-ring (bicyclic) bond motifs is 1. The number of anilines is 1. The zero-order valence-electron chi connectivity index (χ0n) is 15.7. The molecule has 0 spiro atoms. The van der Waals surface area contributed by atoms with Gasteiger partial charge in [0.05, 0.1) is 11.0 Å². The van der Waals surface area contributed by atoms with Gasteiger partial charge in [0, 0.05) is 11.3 Å². The number of amides is 2. The summed E-state index contributed by atoms with van der Waals surface area (Å²) in [4.78, 5) is 42.0. The second kappa shape index (κ2) is 8.79. The summed E-state index contributed by atoms with van der Waals surface area (Å²) in [6.07, 6.45) is 2.46. The van der Waals surface area contributed by atoms with Crippen LogP contribution < -0.4 is 16.3 Å². The number of rotatable bonds is 7. The van der Waals surface area contributed by atoms with E-state index in [0.717, 1.165) is 11.3 Å². The third-order valence-corrected chi connectivity index (χ3v) is 4.94. The van der Waals surface area contributed by atoms with Crippen LogP contribution in [-0.2, 0) is 4.79 Å². The first-order valence-corrected chi connectivity index (χ1v) is 10.2. The molecule has 0 saturated carbocycles. The number of aryl methyl sites for hydroxylation is 1. The third-order valence-electron chi connectivity index (χ3n) is 4.30. The van der Waals surface area contributed by atoms with E-state index in [1.165, 1.54) is 0 Å². The second-order valence-corrected chi connectivity index (χ2v) is 7.49. The Morgan fingerprint density at radius 1 is 1.11 bits per heavy atom. The molecule has 7 nitrogen and oxygen atoms in total. The maximum absolute atomic E-state index is 12.8. The molecule has 0 radical (unpaired) electrons. The summed E-state index contributed by atoms with van der Waals surface area (Å²) in [5.74, 6) is 0.152. The number of H-pyrrole nitrogens is 2. The normalized spacial score (nSPS) is 11.9. The number of carbonyl (C=O) groups is 2. The molecule has 0 aliphatic rings. The summed E-state index contributed by atoms with van der Waals surface area (Å²) in [6.45, 7) is 1.91. The predicted molar refractivity (Wildman–Crippen MR) is 113 cm³/mol. The maximum atomic E-state index is 12.8. The maximum Gasteiger partial charge on any atom is 0.323 e.